The summed E-state index contributed by atoms with van der Waals surface area (Å²) in [7, 11) is 0. The monoisotopic (exact) mass is 301 g/mol. The molecule has 5 heteroatoms. The fraction of sp³-hybridized carbons (Fsp3) is 0.312. The predicted molar refractivity (Wildman–Crippen MR) is 83.2 cm³/mol. The Balaban J connectivity index is 2.50. The van der Waals surface area contributed by atoms with Crippen molar-refractivity contribution >= 4 is 11.6 Å². The number of hydrogen-bond acceptors (Lipinski definition) is 3. The van der Waals surface area contributed by atoms with Gasteiger partial charge >= 0.3 is 0 Å². The van der Waals surface area contributed by atoms with Crippen molar-refractivity contribution in [3.8, 4) is 17.3 Å². The van der Waals surface area contributed by atoms with Crippen LogP contribution in [0.1, 0.15) is 25.3 Å². The van der Waals surface area contributed by atoms with Crippen molar-refractivity contribution < 1.29 is 0 Å². The van der Waals surface area contributed by atoms with E-state index in [9.17, 15) is 4.79 Å². The van der Waals surface area contributed by atoms with Crippen LogP contribution in [0.2, 0.25) is 5.02 Å². The molecular weight excluding hydrogens is 286 g/mol. The van der Waals surface area contributed by atoms with Crippen molar-refractivity contribution in [2.75, 3.05) is 0 Å². The Morgan fingerprint density at radius 1 is 1.33 bits per heavy atom. The summed E-state index contributed by atoms with van der Waals surface area (Å²) in [6.07, 6.45) is 1.95. The average molecular weight is 302 g/mol. The molecule has 1 aromatic heterocycles. The minimum absolute atomic E-state index is 0.0913. The summed E-state index contributed by atoms with van der Waals surface area (Å²) in [5, 5.41) is 13.9. The van der Waals surface area contributed by atoms with Crippen LogP contribution in [-0.2, 0) is 13.0 Å². The van der Waals surface area contributed by atoms with Gasteiger partial charge in [-0.1, -0.05) is 37.1 Å². The molecule has 21 heavy (non-hydrogen) atoms. The Labute approximate surface area is 128 Å². The van der Waals surface area contributed by atoms with Gasteiger partial charge in [0.2, 0.25) is 0 Å². The van der Waals surface area contributed by atoms with Crippen molar-refractivity contribution in [3.05, 3.63) is 51.3 Å². The minimum Gasteiger partial charge on any atom is -0.267 e. The van der Waals surface area contributed by atoms with E-state index in [4.69, 9.17) is 16.9 Å². The van der Waals surface area contributed by atoms with Crippen LogP contribution in [0.25, 0.3) is 11.3 Å². The maximum Gasteiger partial charge on any atom is 0.271 e. The van der Waals surface area contributed by atoms with E-state index in [2.05, 4.69) is 12.0 Å². The van der Waals surface area contributed by atoms with E-state index in [1.54, 1.807) is 18.2 Å². The Morgan fingerprint density at radius 3 is 2.67 bits per heavy atom. The van der Waals surface area contributed by atoms with Gasteiger partial charge in [-0.2, -0.15) is 10.4 Å². The van der Waals surface area contributed by atoms with Gasteiger partial charge in [0.1, 0.15) is 0 Å². The van der Waals surface area contributed by atoms with Gasteiger partial charge in [-0.25, -0.2) is 4.68 Å². The van der Waals surface area contributed by atoms with E-state index < -0.39 is 0 Å². The van der Waals surface area contributed by atoms with Gasteiger partial charge in [-0.15, -0.1) is 0 Å². The molecule has 0 spiro atoms. The van der Waals surface area contributed by atoms with Gasteiger partial charge in [0.25, 0.3) is 5.56 Å². The quantitative estimate of drug-likeness (QED) is 0.850. The molecule has 0 amide bonds. The zero-order valence-corrected chi connectivity index (χ0v) is 12.6. The third-order valence-electron chi connectivity index (χ3n) is 3.18. The molecule has 2 aromatic rings. The number of halogens is 1. The standard InChI is InChI=1S/C16H16ClN3O/c1-2-3-10-20-16(21)13(8-9-18)11-15(19-20)12-4-6-14(17)7-5-12/h4-7,11H,2-3,8,10H2,1H3. The highest BCUT2D eigenvalue weighted by molar-refractivity contribution is 6.30. The number of aryl methyl sites for hydroxylation is 1. The topological polar surface area (TPSA) is 58.7 Å². The van der Waals surface area contributed by atoms with Gasteiger partial charge < -0.3 is 0 Å². The molecule has 0 atom stereocenters. The SMILES string of the molecule is CCCCn1nc(-c2ccc(Cl)cc2)cc(CC#N)c1=O. The second kappa shape index (κ2) is 7.05. The summed E-state index contributed by atoms with van der Waals surface area (Å²) in [5.74, 6) is 0. The molecule has 0 aliphatic heterocycles. The van der Waals surface area contributed by atoms with Gasteiger partial charge in [0.05, 0.1) is 18.2 Å². The Bertz CT molecular complexity index is 714. The summed E-state index contributed by atoms with van der Waals surface area (Å²) in [6.45, 7) is 2.62. The van der Waals surface area contributed by atoms with Gasteiger partial charge in [0.15, 0.2) is 0 Å². The molecule has 0 aliphatic rings. The first-order chi connectivity index (χ1) is 10.2. The average Bonchev–Trinajstić information content (AvgIpc) is 2.49. The molecule has 2 rings (SSSR count). The van der Waals surface area contributed by atoms with Crippen LogP contribution in [0, 0.1) is 11.3 Å². The molecule has 0 fully saturated rings. The molecule has 0 saturated heterocycles. The maximum atomic E-state index is 12.2. The fourth-order valence-corrected chi connectivity index (χ4v) is 2.16. The normalized spacial score (nSPS) is 10.3. The van der Waals surface area contributed by atoms with E-state index in [0.717, 1.165) is 18.4 Å². The lowest BCUT2D eigenvalue weighted by Gasteiger charge is -2.09. The summed E-state index contributed by atoms with van der Waals surface area (Å²) in [5.41, 5.74) is 1.87. The lowest BCUT2D eigenvalue weighted by molar-refractivity contribution is 0.541. The van der Waals surface area contributed by atoms with Crippen LogP contribution >= 0.6 is 11.6 Å². The lowest BCUT2D eigenvalue weighted by Crippen LogP contribution is -2.26. The maximum absolute atomic E-state index is 12.2. The largest absolute Gasteiger partial charge is 0.271 e. The molecular formula is C16H16ClN3O. The molecule has 0 N–H and O–H groups in total. The van der Waals surface area contributed by atoms with Crippen LogP contribution in [-0.4, -0.2) is 9.78 Å². The van der Waals surface area contributed by atoms with Gasteiger partial charge in [0, 0.05) is 22.7 Å². The molecule has 0 radical (unpaired) electrons. The summed E-state index contributed by atoms with van der Waals surface area (Å²) in [4.78, 5) is 12.2. The first-order valence-electron chi connectivity index (χ1n) is 6.89. The zero-order chi connectivity index (χ0) is 15.2. The van der Waals surface area contributed by atoms with Gasteiger partial charge in [-0.05, 0) is 24.6 Å². The molecule has 108 valence electrons. The van der Waals surface area contributed by atoms with E-state index in [0.29, 0.717) is 22.8 Å². The Hall–Kier alpha value is -2.12. The molecule has 4 nitrogen and oxygen atoms in total. The third-order valence-corrected chi connectivity index (χ3v) is 3.43. The van der Waals surface area contributed by atoms with Crippen LogP contribution in [0.5, 0.6) is 0 Å². The Kier molecular flexibility index (Phi) is 5.13. The highest BCUT2D eigenvalue weighted by Gasteiger charge is 2.09. The first kappa shape index (κ1) is 15.3. The summed E-state index contributed by atoms with van der Waals surface area (Å²) in [6, 6.07) is 11.0. The number of hydrogen-bond donors (Lipinski definition) is 0. The van der Waals surface area contributed by atoms with Crippen molar-refractivity contribution in [1.82, 2.24) is 9.78 Å². The highest BCUT2D eigenvalue weighted by Crippen LogP contribution is 2.19. The zero-order valence-electron chi connectivity index (χ0n) is 11.8. The first-order valence-corrected chi connectivity index (χ1v) is 7.27. The highest BCUT2D eigenvalue weighted by atomic mass is 35.5. The summed E-state index contributed by atoms with van der Waals surface area (Å²) >= 11 is 5.89. The number of unbranched alkanes of at least 4 members (excludes halogenated alkanes) is 1. The lowest BCUT2D eigenvalue weighted by atomic mass is 10.1. The van der Waals surface area contributed by atoms with E-state index >= 15 is 0 Å². The molecule has 0 saturated carbocycles. The molecule has 0 bridgehead atoms. The number of aromatic nitrogens is 2. The minimum atomic E-state index is -0.178. The third kappa shape index (κ3) is 3.71. The molecule has 0 aliphatic carbocycles. The molecule has 0 unspecified atom stereocenters. The number of rotatable bonds is 5. The Morgan fingerprint density at radius 2 is 2.05 bits per heavy atom. The molecule has 1 aromatic carbocycles. The summed E-state index contributed by atoms with van der Waals surface area (Å²) < 4.78 is 1.46. The van der Waals surface area contributed by atoms with Crippen LogP contribution in [0.15, 0.2) is 35.1 Å². The van der Waals surface area contributed by atoms with Crippen LogP contribution in [0.3, 0.4) is 0 Å². The second-order valence-corrected chi connectivity index (χ2v) is 5.21. The van der Waals surface area contributed by atoms with Crippen molar-refractivity contribution in [2.24, 2.45) is 0 Å². The predicted octanol–water partition coefficient (Wildman–Crippen LogP) is 3.43. The second-order valence-electron chi connectivity index (χ2n) is 4.78. The van der Waals surface area contributed by atoms with E-state index in [1.807, 2.05) is 18.2 Å². The fourth-order valence-electron chi connectivity index (χ4n) is 2.03. The van der Waals surface area contributed by atoms with Gasteiger partial charge in [-0.3, -0.25) is 4.79 Å². The van der Waals surface area contributed by atoms with E-state index in [1.165, 1.54) is 4.68 Å². The van der Waals surface area contributed by atoms with Crippen molar-refractivity contribution in [3.63, 3.8) is 0 Å². The smallest absolute Gasteiger partial charge is 0.267 e. The number of nitriles is 1. The number of benzene rings is 1. The van der Waals surface area contributed by atoms with Crippen molar-refractivity contribution in [2.45, 2.75) is 32.7 Å². The van der Waals surface area contributed by atoms with Crippen molar-refractivity contribution in [1.29, 1.82) is 5.26 Å². The van der Waals surface area contributed by atoms with Crippen LogP contribution in [0.4, 0.5) is 0 Å². The van der Waals surface area contributed by atoms with E-state index in [-0.39, 0.29) is 12.0 Å². The van der Waals surface area contributed by atoms with Crippen LogP contribution < -0.4 is 5.56 Å². The number of nitrogens with zero attached hydrogens (tertiary/aromatic N) is 3. The molecule has 1 heterocycles.